The van der Waals surface area contributed by atoms with Crippen molar-refractivity contribution in [3.05, 3.63) is 29.8 Å². The standard InChI is InChI=1S/C11H17NO3S/c12-9-3-1-8(2-4-9)11(15)7-16-6-10(14)5-13/h1-4,10-11,13-15H,5-7,12H2. The first-order valence-corrected chi connectivity index (χ1v) is 6.19. The van der Waals surface area contributed by atoms with Crippen LogP contribution in [0, 0.1) is 0 Å². The molecule has 1 rings (SSSR count). The van der Waals surface area contributed by atoms with E-state index in [0.717, 1.165) is 5.56 Å². The van der Waals surface area contributed by atoms with E-state index in [2.05, 4.69) is 0 Å². The van der Waals surface area contributed by atoms with Gasteiger partial charge in [-0.15, -0.1) is 0 Å². The van der Waals surface area contributed by atoms with Crippen LogP contribution in [-0.2, 0) is 0 Å². The van der Waals surface area contributed by atoms with Crippen molar-refractivity contribution in [2.24, 2.45) is 0 Å². The highest BCUT2D eigenvalue weighted by Gasteiger charge is 2.09. The zero-order valence-electron chi connectivity index (χ0n) is 8.91. The Morgan fingerprint density at radius 1 is 1.12 bits per heavy atom. The molecule has 0 aliphatic heterocycles. The Labute approximate surface area is 99.1 Å². The van der Waals surface area contributed by atoms with E-state index in [-0.39, 0.29) is 6.61 Å². The van der Waals surface area contributed by atoms with E-state index in [1.807, 2.05) is 0 Å². The summed E-state index contributed by atoms with van der Waals surface area (Å²) in [5.74, 6) is 0.906. The number of hydrogen-bond acceptors (Lipinski definition) is 5. The summed E-state index contributed by atoms with van der Waals surface area (Å²) in [5, 5.41) is 27.5. The number of rotatable bonds is 6. The van der Waals surface area contributed by atoms with Crippen LogP contribution in [0.3, 0.4) is 0 Å². The lowest BCUT2D eigenvalue weighted by atomic mass is 10.1. The lowest BCUT2D eigenvalue weighted by molar-refractivity contribution is 0.113. The highest BCUT2D eigenvalue weighted by Crippen LogP contribution is 2.19. The van der Waals surface area contributed by atoms with E-state index >= 15 is 0 Å². The van der Waals surface area contributed by atoms with Crippen LogP contribution in [0.25, 0.3) is 0 Å². The first kappa shape index (κ1) is 13.3. The normalized spacial score (nSPS) is 14.7. The number of nitrogen functional groups attached to an aromatic ring is 1. The minimum Gasteiger partial charge on any atom is -0.399 e. The van der Waals surface area contributed by atoms with Gasteiger partial charge in [0.25, 0.3) is 0 Å². The molecule has 0 aliphatic rings. The molecule has 0 saturated heterocycles. The highest BCUT2D eigenvalue weighted by atomic mass is 32.2. The molecule has 0 amide bonds. The van der Waals surface area contributed by atoms with Gasteiger partial charge < -0.3 is 21.1 Å². The predicted molar refractivity (Wildman–Crippen MR) is 66.2 cm³/mol. The van der Waals surface area contributed by atoms with Crippen molar-refractivity contribution in [1.29, 1.82) is 0 Å². The highest BCUT2D eigenvalue weighted by molar-refractivity contribution is 7.99. The van der Waals surface area contributed by atoms with Gasteiger partial charge in [-0.05, 0) is 17.7 Å². The lowest BCUT2D eigenvalue weighted by Gasteiger charge is -2.12. The lowest BCUT2D eigenvalue weighted by Crippen LogP contribution is -2.15. The molecule has 0 radical (unpaired) electrons. The van der Waals surface area contributed by atoms with Crippen molar-refractivity contribution in [3.63, 3.8) is 0 Å². The fraction of sp³-hybridized carbons (Fsp3) is 0.455. The Morgan fingerprint density at radius 2 is 1.75 bits per heavy atom. The number of nitrogens with two attached hydrogens (primary N) is 1. The molecule has 1 aromatic rings. The first-order valence-electron chi connectivity index (χ1n) is 5.03. The summed E-state index contributed by atoms with van der Waals surface area (Å²) in [6.07, 6.45) is -1.29. The molecule has 0 bridgehead atoms. The topological polar surface area (TPSA) is 86.7 Å². The summed E-state index contributed by atoms with van der Waals surface area (Å²) >= 11 is 1.40. The van der Waals surface area contributed by atoms with Crippen molar-refractivity contribution >= 4 is 17.4 Å². The Bertz CT molecular complexity index is 305. The molecule has 1 aromatic carbocycles. The summed E-state index contributed by atoms with van der Waals surface area (Å²) in [6.45, 7) is -0.245. The maximum Gasteiger partial charge on any atom is 0.0880 e. The van der Waals surface area contributed by atoms with Crippen LogP contribution in [0.4, 0.5) is 5.69 Å². The Morgan fingerprint density at radius 3 is 2.31 bits per heavy atom. The molecule has 5 N–H and O–H groups in total. The van der Waals surface area contributed by atoms with E-state index in [1.54, 1.807) is 24.3 Å². The summed E-state index contributed by atoms with van der Waals surface area (Å²) in [6, 6.07) is 7.05. The summed E-state index contributed by atoms with van der Waals surface area (Å²) < 4.78 is 0. The molecule has 0 aromatic heterocycles. The van der Waals surface area contributed by atoms with Crippen molar-refractivity contribution < 1.29 is 15.3 Å². The van der Waals surface area contributed by atoms with Gasteiger partial charge in [-0.2, -0.15) is 11.8 Å². The summed E-state index contributed by atoms with van der Waals surface area (Å²) in [4.78, 5) is 0. The van der Waals surface area contributed by atoms with Gasteiger partial charge in [0.2, 0.25) is 0 Å². The summed E-state index contributed by atoms with van der Waals surface area (Å²) in [7, 11) is 0. The fourth-order valence-corrected chi connectivity index (χ4v) is 2.11. The van der Waals surface area contributed by atoms with Gasteiger partial charge in [0.1, 0.15) is 0 Å². The van der Waals surface area contributed by atoms with Gasteiger partial charge in [-0.25, -0.2) is 0 Å². The van der Waals surface area contributed by atoms with Gasteiger partial charge in [0.15, 0.2) is 0 Å². The molecule has 0 heterocycles. The second-order valence-electron chi connectivity index (χ2n) is 3.56. The molecule has 0 spiro atoms. The number of aliphatic hydroxyl groups excluding tert-OH is 3. The second kappa shape index (κ2) is 6.75. The van der Waals surface area contributed by atoms with E-state index in [1.165, 1.54) is 11.8 Å². The SMILES string of the molecule is Nc1ccc(C(O)CSCC(O)CO)cc1. The van der Waals surface area contributed by atoms with Crippen LogP contribution >= 0.6 is 11.8 Å². The average Bonchev–Trinajstić information content (AvgIpc) is 2.29. The van der Waals surface area contributed by atoms with Gasteiger partial charge in [-0.1, -0.05) is 12.1 Å². The molecule has 0 fully saturated rings. The molecule has 0 aliphatic carbocycles. The average molecular weight is 243 g/mol. The number of benzene rings is 1. The van der Waals surface area contributed by atoms with Gasteiger partial charge >= 0.3 is 0 Å². The third-order valence-corrected chi connectivity index (χ3v) is 3.29. The van der Waals surface area contributed by atoms with Crippen LogP contribution in [0.5, 0.6) is 0 Å². The molecule has 16 heavy (non-hydrogen) atoms. The molecule has 2 unspecified atom stereocenters. The van der Waals surface area contributed by atoms with E-state index in [4.69, 9.17) is 15.9 Å². The van der Waals surface area contributed by atoms with E-state index in [9.17, 15) is 5.11 Å². The van der Waals surface area contributed by atoms with Gasteiger partial charge in [0, 0.05) is 17.2 Å². The zero-order valence-corrected chi connectivity index (χ0v) is 9.73. The Hall–Kier alpha value is -0.750. The predicted octanol–water partition coefficient (Wildman–Crippen LogP) is 0.389. The zero-order chi connectivity index (χ0) is 12.0. The Balaban J connectivity index is 2.35. The Kier molecular flexibility index (Phi) is 5.62. The molecular formula is C11H17NO3S. The molecule has 0 saturated carbocycles. The third-order valence-electron chi connectivity index (χ3n) is 2.12. The summed E-state index contributed by atoms with van der Waals surface area (Å²) in [5.41, 5.74) is 7.01. The van der Waals surface area contributed by atoms with Crippen molar-refractivity contribution in [2.45, 2.75) is 12.2 Å². The molecular weight excluding hydrogens is 226 g/mol. The number of hydrogen-bond donors (Lipinski definition) is 4. The molecule has 5 heteroatoms. The van der Waals surface area contributed by atoms with Crippen molar-refractivity contribution in [2.75, 3.05) is 23.8 Å². The van der Waals surface area contributed by atoms with E-state index < -0.39 is 12.2 Å². The fourth-order valence-electron chi connectivity index (χ4n) is 1.18. The van der Waals surface area contributed by atoms with Crippen LogP contribution in [-0.4, -0.2) is 39.5 Å². The third kappa shape index (κ3) is 4.40. The van der Waals surface area contributed by atoms with Gasteiger partial charge in [-0.3, -0.25) is 0 Å². The largest absolute Gasteiger partial charge is 0.399 e. The van der Waals surface area contributed by atoms with Crippen LogP contribution in [0.15, 0.2) is 24.3 Å². The van der Waals surface area contributed by atoms with Crippen molar-refractivity contribution in [3.8, 4) is 0 Å². The minimum absolute atomic E-state index is 0.245. The second-order valence-corrected chi connectivity index (χ2v) is 4.63. The van der Waals surface area contributed by atoms with Gasteiger partial charge in [0.05, 0.1) is 18.8 Å². The monoisotopic (exact) mass is 243 g/mol. The quantitative estimate of drug-likeness (QED) is 0.543. The van der Waals surface area contributed by atoms with Crippen LogP contribution < -0.4 is 5.73 Å². The van der Waals surface area contributed by atoms with Crippen molar-refractivity contribution in [1.82, 2.24) is 0 Å². The maximum atomic E-state index is 9.79. The maximum absolute atomic E-state index is 9.79. The number of aliphatic hydroxyl groups is 3. The van der Waals surface area contributed by atoms with Crippen LogP contribution in [0.1, 0.15) is 11.7 Å². The van der Waals surface area contributed by atoms with E-state index in [0.29, 0.717) is 17.2 Å². The molecule has 2 atom stereocenters. The number of thioether (sulfide) groups is 1. The first-order chi connectivity index (χ1) is 7.63. The molecule has 4 nitrogen and oxygen atoms in total. The number of anilines is 1. The smallest absolute Gasteiger partial charge is 0.0880 e. The van der Waals surface area contributed by atoms with Crippen LogP contribution in [0.2, 0.25) is 0 Å². The molecule has 90 valence electrons. The minimum atomic E-state index is -0.719.